The third-order valence-corrected chi connectivity index (χ3v) is 4.12. The topological polar surface area (TPSA) is 93.1 Å². The number of hydrogen-bond acceptors (Lipinski definition) is 6. The molecule has 0 saturated heterocycles. The van der Waals surface area contributed by atoms with Gasteiger partial charge in [0.25, 0.3) is 0 Å². The Bertz CT molecular complexity index is 626. The van der Waals surface area contributed by atoms with Crippen molar-refractivity contribution in [2.75, 3.05) is 0 Å². The molecule has 1 rings (SSSR count). The number of carbonyl (C=O) groups excluding carboxylic acids is 2. The number of allylic oxidation sites excluding steroid dienone is 2. The summed E-state index contributed by atoms with van der Waals surface area (Å²) in [6.07, 6.45) is 3.21. The van der Waals surface area contributed by atoms with Crippen LogP contribution in [-0.4, -0.2) is 22.5 Å². The van der Waals surface area contributed by atoms with Crippen molar-refractivity contribution in [1.29, 1.82) is 0 Å². The number of hydrogen-bond donors (Lipinski definition) is 2. The molecule has 6 nitrogen and oxygen atoms in total. The highest BCUT2D eigenvalue weighted by molar-refractivity contribution is 5.97. The van der Waals surface area contributed by atoms with Crippen LogP contribution in [0.5, 0.6) is 0 Å². The molecule has 0 aliphatic heterocycles. The summed E-state index contributed by atoms with van der Waals surface area (Å²) in [5, 5.41) is 17.6. The monoisotopic (exact) mass is 334 g/mol. The van der Waals surface area contributed by atoms with Crippen LogP contribution in [0, 0.1) is 0 Å². The van der Waals surface area contributed by atoms with E-state index in [1.54, 1.807) is 39.8 Å². The van der Waals surface area contributed by atoms with Gasteiger partial charge in [-0.05, 0) is 23.3 Å². The average Bonchev–Trinajstić information content (AvgIpc) is 2.58. The van der Waals surface area contributed by atoms with E-state index in [-0.39, 0.29) is 11.1 Å². The molecule has 0 atom stereocenters. The molecule has 6 heteroatoms. The van der Waals surface area contributed by atoms with Gasteiger partial charge in [-0.2, -0.15) is 10.5 Å². The molecule has 0 aliphatic rings. The second-order valence-corrected chi connectivity index (χ2v) is 6.52. The summed E-state index contributed by atoms with van der Waals surface area (Å²) in [5.74, 6) is -1.94. The van der Waals surface area contributed by atoms with Crippen LogP contribution in [0.3, 0.4) is 0 Å². The van der Waals surface area contributed by atoms with Crippen LogP contribution in [0.2, 0.25) is 0 Å². The summed E-state index contributed by atoms with van der Waals surface area (Å²) < 4.78 is 0. The summed E-state index contributed by atoms with van der Waals surface area (Å²) in [4.78, 5) is 31.8. The van der Waals surface area contributed by atoms with E-state index in [9.17, 15) is 9.59 Å². The van der Waals surface area contributed by atoms with Gasteiger partial charge in [-0.25, -0.2) is 9.59 Å². The molecular formula is C18H22O6. The maximum atomic E-state index is 12.0. The Labute approximate surface area is 140 Å². The van der Waals surface area contributed by atoms with Gasteiger partial charge in [0, 0.05) is 10.8 Å². The molecule has 0 aliphatic carbocycles. The first-order valence-electron chi connectivity index (χ1n) is 7.24. The van der Waals surface area contributed by atoms with E-state index in [4.69, 9.17) is 10.5 Å². The van der Waals surface area contributed by atoms with Gasteiger partial charge < -0.3 is 0 Å². The SMILES string of the molecule is C=CC(C)(C)c1c(C(=O)OO)ccc(C(=O)OO)c1C(C)(C)C=C. The van der Waals surface area contributed by atoms with Crippen molar-refractivity contribution in [2.45, 2.75) is 38.5 Å². The van der Waals surface area contributed by atoms with Gasteiger partial charge in [-0.3, -0.25) is 9.78 Å². The minimum absolute atomic E-state index is 0.0711. The smallest absolute Gasteiger partial charge is 0.295 e. The first-order chi connectivity index (χ1) is 11.1. The molecule has 1 aromatic carbocycles. The zero-order valence-corrected chi connectivity index (χ0v) is 14.3. The Morgan fingerprint density at radius 3 is 1.38 bits per heavy atom. The minimum Gasteiger partial charge on any atom is -0.295 e. The molecule has 1 aromatic rings. The van der Waals surface area contributed by atoms with Crippen molar-refractivity contribution in [3.05, 3.63) is 59.7 Å². The van der Waals surface area contributed by atoms with E-state index in [0.717, 1.165) is 0 Å². The van der Waals surface area contributed by atoms with Crippen molar-refractivity contribution in [3.8, 4) is 0 Å². The lowest BCUT2D eigenvalue weighted by Crippen LogP contribution is -2.30. The normalized spacial score (nSPS) is 11.6. The van der Waals surface area contributed by atoms with E-state index in [0.29, 0.717) is 11.1 Å². The largest absolute Gasteiger partial charge is 0.373 e. The van der Waals surface area contributed by atoms with Crippen LogP contribution < -0.4 is 0 Å². The number of rotatable bonds is 6. The van der Waals surface area contributed by atoms with Crippen LogP contribution in [0.4, 0.5) is 0 Å². The molecule has 0 spiro atoms. The maximum absolute atomic E-state index is 12.0. The van der Waals surface area contributed by atoms with Gasteiger partial charge in [0.05, 0.1) is 11.1 Å². The summed E-state index contributed by atoms with van der Waals surface area (Å²) >= 11 is 0. The lowest BCUT2D eigenvalue weighted by molar-refractivity contribution is -0.183. The van der Waals surface area contributed by atoms with Crippen LogP contribution in [0.1, 0.15) is 59.5 Å². The van der Waals surface area contributed by atoms with Crippen LogP contribution >= 0.6 is 0 Å². The highest BCUT2D eigenvalue weighted by Crippen LogP contribution is 2.40. The minimum atomic E-state index is -0.968. The van der Waals surface area contributed by atoms with E-state index in [1.807, 2.05) is 0 Å². The number of benzene rings is 1. The zero-order chi connectivity index (χ0) is 18.7. The molecule has 0 amide bonds. The Morgan fingerprint density at radius 1 is 0.875 bits per heavy atom. The molecule has 24 heavy (non-hydrogen) atoms. The highest BCUT2D eigenvalue weighted by Gasteiger charge is 2.36. The Hall–Kier alpha value is -2.44. The van der Waals surface area contributed by atoms with Crippen molar-refractivity contribution in [3.63, 3.8) is 0 Å². The fourth-order valence-corrected chi connectivity index (χ4v) is 2.58. The highest BCUT2D eigenvalue weighted by atomic mass is 17.1. The summed E-state index contributed by atoms with van der Waals surface area (Å²) in [6.45, 7) is 14.7. The summed E-state index contributed by atoms with van der Waals surface area (Å²) in [5.41, 5.74) is -0.534. The molecule has 0 radical (unpaired) electrons. The fraction of sp³-hybridized carbons (Fsp3) is 0.333. The van der Waals surface area contributed by atoms with E-state index in [2.05, 4.69) is 22.9 Å². The molecule has 130 valence electrons. The van der Waals surface area contributed by atoms with Gasteiger partial charge in [-0.1, -0.05) is 39.8 Å². The molecular weight excluding hydrogens is 312 g/mol. The van der Waals surface area contributed by atoms with Crippen molar-refractivity contribution >= 4 is 11.9 Å². The summed E-state index contributed by atoms with van der Waals surface area (Å²) in [7, 11) is 0. The van der Waals surface area contributed by atoms with Crippen molar-refractivity contribution in [2.24, 2.45) is 0 Å². The third kappa shape index (κ3) is 3.39. The lowest BCUT2D eigenvalue weighted by Gasteiger charge is -2.33. The molecule has 0 fully saturated rings. The van der Waals surface area contributed by atoms with E-state index in [1.165, 1.54) is 12.1 Å². The quantitative estimate of drug-likeness (QED) is 0.466. The van der Waals surface area contributed by atoms with E-state index >= 15 is 0 Å². The molecule has 0 saturated carbocycles. The predicted octanol–water partition coefficient (Wildman–Crippen LogP) is 3.87. The molecule has 0 aromatic heterocycles. The zero-order valence-electron chi connectivity index (χ0n) is 14.3. The maximum Gasteiger partial charge on any atom is 0.373 e. The van der Waals surface area contributed by atoms with Gasteiger partial charge in [0.15, 0.2) is 0 Å². The molecule has 0 heterocycles. The molecule has 0 bridgehead atoms. The van der Waals surface area contributed by atoms with Gasteiger partial charge in [0.2, 0.25) is 0 Å². The number of carbonyl (C=O) groups is 2. The van der Waals surface area contributed by atoms with Gasteiger partial charge in [0.1, 0.15) is 0 Å². The second kappa shape index (κ2) is 6.98. The molecule has 2 N–H and O–H groups in total. The molecule has 0 unspecified atom stereocenters. The first-order valence-corrected chi connectivity index (χ1v) is 7.24. The second-order valence-electron chi connectivity index (χ2n) is 6.52. The van der Waals surface area contributed by atoms with Crippen LogP contribution in [0.15, 0.2) is 37.4 Å². The van der Waals surface area contributed by atoms with Gasteiger partial charge in [-0.15, -0.1) is 13.2 Å². The van der Waals surface area contributed by atoms with Crippen molar-refractivity contribution < 1.29 is 29.9 Å². The third-order valence-electron chi connectivity index (χ3n) is 4.12. The van der Waals surface area contributed by atoms with E-state index < -0.39 is 22.8 Å². The lowest BCUT2D eigenvalue weighted by atomic mass is 9.70. The standard InChI is InChI=1S/C18H22O6/c1-7-17(3,4)13-11(15(19)23-21)9-10-12(16(20)24-22)14(13)18(5,6)8-2/h7-10,21-22H,1-2H2,3-6H3. The van der Waals surface area contributed by atoms with Crippen LogP contribution in [0.25, 0.3) is 0 Å². The van der Waals surface area contributed by atoms with Gasteiger partial charge >= 0.3 is 11.9 Å². The fourth-order valence-electron chi connectivity index (χ4n) is 2.58. The Kier molecular flexibility index (Phi) is 5.71. The Morgan fingerprint density at radius 2 is 1.17 bits per heavy atom. The Balaban J connectivity index is 4.07. The average molecular weight is 334 g/mol. The van der Waals surface area contributed by atoms with Crippen LogP contribution in [-0.2, 0) is 20.6 Å². The first kappa shape index (κ1) is 19.6. The van der Waals surface area contributed by atoms with Crippen molar-refractivity contribution in [1.82, 2.24) is 0 Å². The summed E-state index contributed by atoms with van der Waals surface area (Å²) in [6, 6.07) is 2.65. The predicted molar refractivity (Wildman–Crippen MR) is 89.0 cm³/mol.